The molecule has 4 nitrogen and oxygen atoms in total. The number of nitrogens with one attached hydrogen (secondary N) is 2. The third-order valence-corrected chi connectivity index (χ3v) is 5.03. The summed E-state index contributed by atoms with van der Waals surface area (Å²) in [5.41, 5.74) is 2.45. The van der Waals surface area contributed by atoms with Gasteiger partial charge >= 0.3 is 0 Å². The van der Waals surface area contributed by atoms with E-state index in [0.717, 1.165) is 37.9 Å². The minimum atomic E-state index is -0.123. The van der Waals surface area contributed by atoms with Crippen LogP contribution in [0.3, 0.4) is 0 Å². The van der Waals surface area contributed by atoms with Gasteiger partial charge < -0.3 is 15.4 Å². The molecule has 1 aromatic carbocycles. The van der Waals surface area contributed by atoms with Gasteiger partial charge in [-0.1, -0.05) is 31.2 Å². The summed E-state index contributed by atoms with van der Waals surface area (Å²) in [6.07, 6.45) is 3.11. The molecule has 1 heterocycles. The van der Waals surface area contributed by atoms with Crippen LogP contribution in [-0.4, -0.2) is 39.3 Å². The number of carbonyl (C=O) groups is 1. The highest BCUT2D eigenvalue weighted by atomic mass is 16.5. The molecule has 0 saturated carbocycles. The first kappa shape index (κ1) is 18.0. The lowest BCUT2D eigenvalue weighted by Crippen LogP contribution is -2.47. The van der Waals surface area contributed by atoms with Gasteiger partial charge in [0.05, 0.1) is 12.5 Å². The van der Waals surface area contributed by atoms with E-state index >= 15 is 0 Å². The molecule has 1 unspecified atom stereocenters. The van der Waals surface area contributed by atoms with Crippen LogP contribution in [0.1, 0.15) is 43.7 Å². The van der Waals surface area contributed by atoms with Crippen molar-refractivity contribution in [3.05, 3.63) is 35.4 Å². The van der Waals surface area contributed by atoms with Crippen LogP contribution in [0.15, 0.2) is 24.3 Å². The molecule has 0 aliphatic carbocycles. The number of ether oxygens (including phenoxy) is 1. The Hall–Kier alpha value is -1.39. The minimum absolute atomic E-state index is 0.0709. The summed E-state index contributed by atoms with van der Waals surface area (Å²) in [6.45, 7) is 7.49. The van der Waals surface area contributed by atoms with Crippen LogP contribution in [0.5, 0.6) is 0 Å². The molecule has 23 heavy (non-hydrogen) atoms. The maximum atomic E-state index is 12.5. The lowest BCUT2D eigenvalue weighted by molar-refractivity contribution is -0.123. The van der Waals surface area contributed by atoms with E-state index in [-0.39, 0.29) is 17.2 Å². The predicted octanol–water partition coefficient (Wildman–Crippen LogP) is 2.48. The highest BCUT2D eigenvalue weighted by Gasteiger charge is 2.33. The molecule has 1 saturated heterocycles. The van der Waals surface area contributed by atoms with Crippen LogP contribution in [0.2, 0.25) is 0 Å². The Balaban J connectivity index is 1.93. The van der Waals surface area contributed by atoms with Crippen molar-refractivity contribution < 1.29 is 9.53 Å². The molecule has 0 bridgehead atoms. The molecule has 0 radical (unpaired) electrons. The number of methoxy groups -OCH3 is 1. The molecule has 128 valence electrons. The molecule has 4 heteroatoms. The maximum Gasteiger partial charge on any atom is 0.227 e. The zero-order valence-electron chi connectivity index (χ0n) is 14.7. The van der Waals surface area contributed by atoms with Gasteiger partial charge in [0.15, 0.2) is 0 Å². The summed E-state index contributed by atoms with van der Waals surface area (Å²) in [6, 6.07) is 8.35. The van der Waals surface area contributed by atoms with E-state index in [4.69, 9.17) is 4.74 Å². The van der Waals surface area contributed by atoms with Crippen molar-refractivity contribution in [3.8, 4) is 0 Å². The zero-order valence-corrected chi connectivity index (χ0v) is 14.7. The second kappa shape index (κ2) is 8.46. The fraction of sp³-hybridized carbons (Fsp3) is 0.632. The van der Waals surface area contributed by atoms with Gasteiger partial charge in [0.1, 0.15) is 0 Å². The van der Waals surface area contributed by atoms with Crippen molar-refractivity contribution in [2.45, 2.75) is 39.0 Å². The van der Waals surface area contributed by atoms with Crippen molar-refractivity contribution in [3.63, 3.8) is 0 Å². The molecular formula is C19H30N2O2. The first-order valence-electron chi connectivity index (χ1n) is 8.66. The van der Waals surface area contributed by atoms with Crippen LogP contribution >= 0.6 is 0 Å². The van der Waals surface area contributed by atoms with Gasteiger partial charge in [0.25, 0.3) is 0 Å². The number of benzene rings is 1. The monoisotopic (exact) mass is 318 g/mol. The van der Waals surface area contributed by atoms with Crippen LogP contribution in [0, 0.1) is 5.41 Å². The summed E-state index contributed by atoms with van der Waals surface area (Å²) in [5.74, 6) is -0.0227. The lowest BCUT2D eigenvalue weighted by atomic mass is 9.79. The maximum absolute atomic E-state index is 12.5. The van der Waals surface area contributed by atoms with Gasteiger partial charge in [-0.2, -0.15) is 0 Å². The Bertz CT molecular complexity index is 487. The predicted molar refractivity (Wildman–Crippen MR) is 93.7 cm³/mol. The average molecular weight is 318 g/mol. The van der Waals surface area contributed by atoms with Gasteiger partial charge in [-0.25, -0.2) is 0 Å². The Morgan fingerprint density at radius 1 is 1.30 bits per heavy atom. The smallest absolute Gasteiger partial charge is 0.227 e. The normalized spacial score (nSPS) is 18.4. The van der Waals surface area contributed by atoms with E-state index in [1.165, 1.54) is 5.56 Å². The molecule has 1 aliphatic heterocycles. The molecule has 1 amide bonds. The van der Waals surface area contributed by atoms with Crippen LogP contribution in [0.25, 0.3) is 0 Å². The number of piperidine rings is 1. The van der Waals surface area contributed by atoms with Gasteiger partial charge in [-0.3, -0.25) is 4.79 Å². The van der Waals surface area contributed by atoms with Crippen molar-refractivity contribution in [1.29, 1.82) is 0 Å². The number of carbonyl (C=O) groups excluding carboxylic acids is 1. The molecule has 1 atom stereocenters. The fourth-order valence-corrected chi connectivity index (χ4v) is 3.26. The molecule has 1 aliphatic rings. The van der Waals surface area contributed by atoms with E-state index in [2.05, 4.69) is 41.8 Å². The third-order valence-electron chi connectivity index (χ3n) is 5.03. The molecule has 1 aromatic rings. The van der Waals surface area contributed by atoms with Crippen molar-refractivity contribution in [2.24, 2.45) is 5.41 Å². The Morgan fingerprint density at radius 3 is 2.52 bits per heavy atom. The SMILES string of the molecule is CCc1ccc(C(C)C(=O)NCC2(COC)CCNCC2)cc1. The lowest BCUT2D eigenvalue weighted by Gasteiger charge is -2.37. The average Bonchev–Trinajstić information content (AvgIpc) is 2.60. The standard InChI is InChI=1S/C19H30N2O2/c1-4-16-5-7-17(8-6-16)15(2)18(22)21-13-19(14-23-3)9-11-20-12-10-19/h5-8,15,20H,4,9-14H2,1-3H3,(H,21,22). The van der Waals surface area contributed by atoms with Gasteiger partial charge in [-0.15, -0.1) is 0 Å². The van der Waals surface area contributed by atoms with Crippen LogP contribution in [0.4, 0.5) is 0 Å². The Kier molecular flexibility index (Phi) is 6.60. The van der Waals surface area contributed by atoms with Gasteiger partial charge in [-0.05, 0) is 50.4 Å². The second-order valence-corrected chi connectivity index (χ2v) is 6.72. The minimum Gasteiger partial charge on any atom is -0.384 e. The van der Waals surface area contributed by atoms with E-state index in [9.17, 15) is 4.79 Å². The first-order chi connectivity index (χ1) is 11.1. The van der Waals surface area contributed by atoms with Crippen LogP contribution in [-0.2, 0) is 16.0 Å². The molecule has 1 fully saturated rings. The highest BCUT2D eigenvalue weighted by molar-refractivity contribution is 5.83. The van der Waals surface area contributed by atoms with E-state index in [1.54, 1.807) is 7.11 Å². The Labute approximate surface area is 140 Å². The number of hydrogen-bond donors (Lipinski definition) is 2. The number of amides is 1. The molecule has 2 N–H and O–H groups in total. The summed E-state index contributed by atoms with van der Waals surface area (Å²) < 4.78 is 5.41. The van der Waals surface area contributed by atoms with E-state index in [1.807, 2.05) is 6.92 Å². The number of rotatable bonds is 7. The van der Waals surface area contributed by atoms with Crippen molar-refractivity contribution in [2.75, 3.05) is 33.4 Å². The molecule has 0 spiro atoms. The topological polar surface area (TPSA) is 50.4 Å². The fourth-order valence-electron chi connectivity index (χ4n) is 3.26. The summed E-state index contributed by atoms with van der Waals surface area (Å²) >= 11 is 0. The second-order valence-electron chi connectivity index (χ2n) is 6.72. The molecule has 0 aromatic heterocycles. The van der Waals surface area contributed by atoms with Gasteiger partial charge in [0.2, 0.25) is 5.91 Å². The largest absolute Gasteiger partial charge is 0.384 e. The number of hydrogen-bond acceptors (Lipinski definition) is 3. The zero-order chi connectivity index (χ0) is 16.7. The first-order valence-corrected chi connectivity index (χ1v) is 8.66. The number of aryl methyl sites for hydroxylation is 1. The summed E-state index contributed by atoms with van der Waals surface area (Å²) in [4.78, 5) is 12.5. The molecule has 2 rings (SSSR count). The van der Waals surface area contributed by atoms with E-state index < -0.39 is 0 Å². The van der Waals surface area contributed by atoms with Gasteiger partial charge in [0, 0.05) is 19.1 Å². The Morgan fingerprint density at radius 2 is 1.96 bits per heavy atom. The molecular weight excluding hydrogens is 288 g/mol. The highest BCUT2D eigenvalue weighted by Crippen LogP contribution is 2.28. The van der Waals surface area contributed by atoms with Crippen LogP contribution < -0.4 is 10.6 Å². The summed E-state index contributed by atoms with van der Waals surface area (Å²) in [7, 11) is 1.74. The quantitative estimate of drug-likeness (QED) is 0.812. The third kappa shape index (κ3) is 4.79. The van der Waals surface area contributed by atoms with Crippen molar-refractivity contribution in [1.82, 2.24) is 10.6 Å². The van der Waals surface area contributed by atoms with E-state index in [0.29, 0.717) is 13.2 Å². The van der Waals surface area contributed by atoms with Crippen molar-refractivity contribution >= 4 is 5.91 Å². The summed E-state index contributed by atoms with van der Waals surface area (Å²) in [5, 5.41) is 6.53.